The summed E-state index contributed by atoms with van der Waals surface area (Å²) in [7, 11) is 0. The summed E-state index contributed by atoms with van der Waals surface area (Å²) in [6, 6.07) is 14.9. The fourth-order valence-electron chi connectivity index (χ4n) is 1.70. The first-order valence-electron chi connectivity index (χ1n) is 4.81. The number of hydrogen-bond donors (Lipinski definition) is 0. The molecule has 0 saturated heterocycles. The third kappa shape index (κ3) is 1.25. The lowest BCUT2D eigenvalue weighted by atomic mass is 10.0. The molecule has 0 saturated carbocycles. The molecule has 1 aliphatic carbocycles. The molecule has 0 amide bonds. The predicted molar refractivity (Wildman–Crippen MR) is 61.1 cm³/mol. The van der Waals surface area contributed by atoms with E-state index in [4.69, 9.17) is 0 Å². The number of hydrogen-bond acceptors (Lipinski definition) is 0. The van der Waals surface area contributed by atoms with Gasteiger partial charge in [0, 0.05) is 0 Å². The van der Waals surface area contributed by atoms with Crippen LogP contribution in [0.2, 0.25) is 0 Å². The summed E-state index contributed by atoms with van der Waals surface area (Å²) in [6.07, 6.45) is 6.48. The maximum atomic E-state index is 2.22. The highest BCUT2D eigenvalue weighted by Gasteiger charge is 2.01. The quantitative estimate of drug-likeness (QED) is 0.623. The normalized spacial score (nSPS) is 13.3. The van der Waals surface area contributed by atoms with Crippen molar-refractivity contribution in [1.29, 1.82) is 0 Å². The van der Waals surface area contributed by atoms with Gasteiger partial charge in [-0.2, -0.15) is 0 Å². The van der Waals surface area contributed by atoms with Crippen LogP contribution in [0, 0.1) is 0 Å². The van der Waals surface area contributed by atoms with Crippen molar-refractivity contribution in [2.24, 2.45) is 0 Å². The topological polar surface area (TPSA) is 0 Å². The minimum absolute atomic E-state index is 1.31. The first-order valence-corrected chi connectivity index (χ1v) is 4.81. The van der Waals surface area contributed by atoms with Crippen LogP contribution in [-0.4, -0.2) is 0 Å². The van der Waals surface area contributed by atoms with Crippen LogP contribution in [0.3, 0.4) is 0 Å². The molecule has 0 nitrogen and oxygen atoms in total. The SMILES string of the molecule is C1=CC1=Cc1cccc2ccccc12. The van der Waals surface area contributed by atoms with Crippen LogP contribution in [-0.2, 0) is 0 Å². The molecule has 0 N–H and O–H groups in total. The van der Waals surface area contributed by atoms with E-state index in [1.807, 2.05) is 0 Å². The molecular weight excluding hydrogens is 168 g/mol. The number of benzene rings is 2. The Hall–Kier alpha value is -1.82. The van der Waals surface area contributed by atoms with E-state index in [0.717, 1.165) is 0 Å². The first-order chi connectivity index (χ1) is 6.93. The van der Waals surface area contributed by atoms with Crippen LogP contribution in [0.25, 0.3) is 16.8 Å². The average molecular weight is 178 g/mol. The molecule has 14 heavy (non-hydrogen) atoms. The smallest absolute Gasteiger partial charge is 0.0111 e. The molecule has 0 heteroatoms. The van der Waals surface area contributed by atoms with E-state index in [0.29, 0.717) is 0 Å². The van der Waals surface area contributed by atoms with Crippen molar-refractivity contribution in [3.8, 4) is 0 Å². The second-order valence-electron chi connectivity index (χ2n) is 3.55. The van der Waals surface area contributed by atoms with E-state index >= 15 is 0 Å². The van der Waals surface area contributed by atoms with Gasteiger partial charge < -0.3 is 0 Å². The van der Waals surface area contributed by atoms with Gasteiger partial charge in [-0.15, -0.1) is 0 Å². The highest BCUT2D eigenvalue weighted by atomic mass is 14.1. The van der Waals surface area contributed by atoms with Crippen molar-refractivity contribution in [1.82, 2.24) is 0 Å². The maximum absolute atomic E-state index is 2.22. The summed E-state index contributed by atoms with van der Waals surface area (Å²) < 4.78 is 0. The first kappa shape index (κ1) is 7.57. The zero-order chi connectivity index (χ0) is 9.38. The highest BCUT2D eigenvalue weighted by molar-refractivity contribution is 5.92. The van der Waals surface area contributed by atoms with Crippen LogP contribution in [0.1, 0.15) is 5.56 Å². The molecule has 2 aromatic rings. The summed E-state index contributed by atoms with van der Waals surface area (Å²) in [4.78, 5) is 0. The fourth-order valence-corrected chi connectivity index (χ4v) is 1.70. The van der Waals surface area contributed by atoms with Gasteiger partial charge in [-0.1, -0.05) is 54.6 Å². The van der Waals surface area contributed by atoms with Crippen LogP contribution < -0.4 is 0 Å². The summed E-state index contributed by atoms with van der Waals surface area (Å²) >= 11 is 0. The largest absolute Gasteiger partial charge is 0.0616 e. The van der Waals surface area contributed by atoms with Gasteiger partial charge in [0.15, 0.2) is 0 Å². The average Bonchev–Trinajstić information content (AvgIpc) is 3.03. The van der Waals surface area contributed by atoms with E-state index in [9.17, 15) is 0 Å². The Bertz CT molecular complexity index is 531. The van der Waals surface area contributed by atoms with E-state index < -0.39 is 0 Å². The van der Waals surface area contributed by atoms with Crippen molar-refractivity contribution in [3.63, 3.8) is 0 Å². The molecular formula is C14H10. The van der Waals surface area contributed by atoms with Gasteiger partial charge in [0.2, 0.25) is 0 Å². The number of allylic oxidation sites excluding steroid dienone is 3. The Kier molecular flexibility index (Phi) is 1.54. The lowest BCUT2D eigenvalue weighted by Crippen LogP contribution is -1.76. The molecule has 0 spiro atoms. The molecule has 0 unspecified atom stereocenters. The molecule has 1 aliphatic rings. The van der Waals surface area contributed by atoms with Crippen molar-refractivity contribution in [2.45, 2.75) is 0 Å². The van der Waals surface area contributed by atoms with Crippen molar-refractivity contribution < 1.29 is 0 Å². The molecule has 3 rings (SSSR count). The van der Waals surface area contributed by atoms with E-state index in [2.05, 4.69) is 60.7 Å². The second kappa shape index (κ2) is 2.85. The Balaban J connectivity index is 2.27. The van der Waals surface area contributed by atoms with E-state index in [1.54, 1.807) is 0 Å². The van der Waals surface area contributed by atoms with Crippen molar-refractivity contribution in [3.05, 3.63) is 65.8 Å². The maximum Gasteiger partial charge on any atom is -0.0111 e. The second-order valence-corrected chi connectivity index (χ2v) is 3.55. The summed E-state index contributed by atoms with van der Waals surface area (Å²) in [5, 5.41) is 2.64. The minimum atomic E-state index is 1.31. The lowest BCUT2D eigenvalue weighted by molar-refractivity contribution is 1.71. The summed E-state index contributed by atoms with van der Waals surface area (Å²) in [5.41, 5.74) is 2.64. The Labute approximate surface area is 83.2 Å². The molecule has 0 aromatic heterocycles. The Morgan fingerprint density at radius 1 is 0.786 bits per heavy atom. The van der Waals surface area contributed by atoms with Crippen LogP contribution in [0.4, 0.5) is 0 Å². The number of rotatable bonds is 1. The molecule has 0 aliphatic heterocycles. The van der Waals surface area contributed by atoms with Gasteiger partial charge in [0.05, 0.1) is 0 Å². The van der Waals surface area contributed by atoms with Gasteiger partial charge in [-0.25, -0.2) is 0 Å². The van der Waals surface area contributed by atoms with Gasteiger partial charge in [-0.3, -0.25) is 0 Å². The summed E-state index contributed by atoms with van der Waals surface area (Å²) in [6.45, 7) is 0. The van der Waals surface area contributed by atoms with Crippen LogP contribution in [0.5, 0.6) is 0 Å². The molecule has 2 aromatic carbocycles. The van der Waals surface area contributed by atoms with Crippen molar-refractivity contribution in [2.75, 3.05) is 0 Å². The number of fused-ring (bicyclic) bond motifs is 1. The third-order valence-electron chi connectivity index (χ3n) is 2.50. The Morgan fingerprint density at radius 2 is 1.57 bits per heavy atom. The molecule has 0 radical (unpaired) electrons. The minimum Gasteiger partial charge on any atom is -0.0616 e. The third-order valence-corrected chi connectivity index (χ3v) is 2.50. The standard InChI is InChI=1S/C14H10/c1-2-7-14-12(4-1)5-3-6-13(14)10-11-8-9-11/h1-10H. The molecule has 0 bridgehead atoms. The van der Waals surface area contributed by atoms with E-state index in [1.165, 1.54) is 21.9 Å². The molecule has 66 valence electrons. The van der Waals surface area contributed by atoms with Gasteiger partial charge >= 0.3 is 0 Å². The van der Waals surface area contributed by atoms with Gasteiger partial charge in [0.1, 0.15) is 0 Å². The zero-order valence-electron chi connectivity index (χ0n) is 7.77. The molecule has 0 atom stereocenters. The highest BCUT2D eigenvalue weighted by Crippen LogP contribution is 2.24. The fraction of sp³-hybridized carbons (Fsp3) is 0. The van der Waals surface area contributed by atoms with Gasteiger partial charge in [0.25, 0.3) is 0 Å². The summed E-state index contributed by atoms with van der Waals surface area (Å²) in [5.74, 6) is 0. The lowest BCUT2D eigenvalue weighted by Gasteiger charge is -2.00. The molecule has 0 heterocycles. The van der Waals surface area contributed by atoms with E-state index in [-0.39, 0.29) is 0 Å². The Morgan fingerprint density at radius 3 is 2.43 bits per heavy atom. The molecule has 0 fully saturated rings. The van der Waals surface area contributed by atoms with Crippen LogP contribution in [0.15, 0.2) is 60.2 Å². The predicted octanol–water partition coefficient (Wildman–Crippen LogP) is 3.79. The van der Waals surface area contributed by atoms with Crippen molar-refractivity contribution >= 4 is 16.8 Å². The monoisotopic (exact) mass is 178 g/mol. The van der Waals surface area contributed by atoms with Crippen LogP contribution >= 0.6 is 0 Å². The zero-order valence-corrected chi connectivity index (χ0v) is 7.77. The van der Waals surface area contributed by atoms with Gasteiger partial charge in [-0.05, 0) is 28.0 Å².